The second-order valence-electron chi connectivity index (χ2n) is 9.53. The number of imidazole rings is 1. The maximum Gasteiger partial charge on any atom is 0.280 e. The van der Waals surface area contributed by atoms with Gasteiger partial charge in [0.25, 0.3) is 26.0 Å². The number of aromatic nitrogens is 2. The van der Waals surface area contributed by atoms with Gasteiger partial charge in [-0.05, 0) is 36.6 Å². The number of carbonyl (C=O) groups is 1. The number of anilines is 1. The van der Waals surface area contributed by atoms with Crippen LogP contribution in [0.3, 0.4) is 0 Å². The predicted molar refractivity (Wildman–Crippen MR) is 146 cm³/mol. The average molecular weight is 598 g/mol. The van der Waals surface area contributed by atoms with Crippen LogP contribution in [0, 0.1) is 5.92 Å². The summed E-state index contributed by atoms with van der Waals surface area (Å²) in [4.78, 5) is 19.0. The number of hydrogen-bond acceptors (Lipinski definition) is 9. The number of likely N-dealkylation sites (N-methyl/N-ethyl adjacent to an activating group) is 1. The first-order chi connectivity index (χ1) is 18.3. The van der Waals surface area contributed by atoms with Crippen molar-refractivity contribution in [1.29, 1.82) is 0 Å². The lowest BCUT2D eigenvalue weighted by molar-refractivity contribution is 0.0387. The van der Waals surface area contributed by atoms with Gasteiger partial charge in [0.15, 0.2) is 5.03 Å². The number of hydrogen-bond donors (Lipinski definition) is 2. The average Bonchev–Trinajstić information content (AvgIpc) is 3.59. The third-order valence-electron chi connectivity index (χ3n) is 6.47. The molecule has 2 aromatic heterocycles. The summed E-state index contributed by atoms with van der Waals surface area (Å²) in [6.07, 6.45) is 2.06. The lowest BCUT2D eigenvalue weighted by Crippen LogP contribution is -2.50. The van der Waals surface area contributed by atoms with Gasteiger partial charge in [-0.1, -0.05) is 13.0 Å². The summed E-state index contributed by atoms with van der Waals surface area (Å²) in [7, 11) is -4.65. The molecular formula is C24H31N5O7S3. The van der Waals surface area contributed by atoms with Gasteiger partial charge < -0.3 is 19.3 Å². The Bertz CT molecular complexity index is 1540. The van der Waals surface area contributed by atoms with Crippen molar-refractivity contribution in [3.8, 4) is 5.75 Å². The largest absolute Gasteiger partial charge is 0.488 e. The summed E-state index contributed by atoms with van der Waals surface area (Å²) in [6, 6.07) is 6.95. The standard InChI is InChI=1S/C24H31N5O7S3/c1-16-11-29(17(2)14-30)24(31)19-10-18(26-38(32,33)22-13-27(3)15-25-22)7-8-20(19)36-21(16)12-28(4)39(34,35)23-6-5-9-37-23/h5-10,13,15-17,21,26,30H,11-12,14H2,1-4H3/t16-,17-,21+/m1/s1. The predicted octanol–water partition coefficient (Wildman–Crippen LogP) is 1.82. The number of nitrogens with one attached hydrogen (secondary N) is 1. The highest BCUT2D eigenvalue weighted by Gasteiger charge is 2.35. The van der Waals surface area contributed by atoms with Crippen LogP contribution in [0.5, 0.6) is 5.75 Å². The first kappa shape index (κ1) is 29.0. The summed E-state index contributed by atoms with van der Waals surface area (Å²) < 4.78 is 63.3. The monoisotopic (exact) mass is 597 g/mol. The van der Waals surface area contributed by atoms with Crippen LogP contribution >= 0.6 is 11.3 Å². The number of aliphatic hydroxyl groups excluding tert-OH is 1. The lowest BCUT2D eigenvalue weighted by Gasteiger charge is -2.38. The van der Waals surface area contributed by atoms with Gasteiger partial charge in [0.2, 0.25) is 0 Å². The highest BCUT2D eigenvalue weighted by Crippen LogP contribution is 2.32. The van der Waals surface area contributed by atoms with E-state index in [-0.39, 0.29) is 51.8 Å². The van der Waals surface area contributed by atoms with Crippen molar-refractivity contribution < 1.29 is 31.5 Å². The Kier molecular flexibility index (Phi) is 8.37. The van der Waals surface area contributed by atoms with E-state index in [1.807, 2.05) is 6.92 Å². The molecule has 0 saturated heterocycles. The van der Waals surface area contributed by atoms with Crippen molar-refractivity contribution in [2.75, 3.05) is 31.5 Å². The van der Waals surface area contributed by atoms with Crippen molar-refractivity contribution in [2.45, 2.75) is 35.2 Å². The van der Waals surface area contributed by atoms with Gasteiger partial charge in [0.05, 0.1) is 31.1 Å². The van der Waals surface area contributed by atoms with Crippen molar-refractivity contribution in [2.24, 2.45) is 13.0 Å². The van der Waals surface area contributed by atoms with Gasteiger partial charge in [-0.25, -0.2) is 13.4 Å². The van der Waals surface area contributed by atoms with E-state index < -0.39 is 38.1 Å². The number of ether oxygens (including phenoxy) is 1. The number of amides is 1. The van der Waals surface area contributed by atoms with E-state index in [0.717, 1.165) is 11.3 Å². The molecule has 0 spiro atoms. The number of aliphatic hydroxyl groups is 1. The molecule has 15 heteroatoms. The Morgan fingerprint density at radius 3 is 2.64 bits per heavy atom. The van der Waals surface area contributed by atoms with Crippen LogP contribution in [0.25, 0.3) is 0 Å². The van der Waals surface area contributed by atoms with E-state index >= 15 is 0 Å². The molecule has 1 aliphatic heterocycles. The first-order valence-electron chi connectivity index (χ1n) is 12.1. The smallest absolute Gasteiger partial charge is 0.280 e. The molecule has 12 nitrogen and oxygen atoms in total. The van der Waals surface area contributed by atoms with Crippen LogP contribution in [0.15, 0.2) is 57.5 Å². The zero-order chi connectivity index (χ0) is 28.5. The third-order valence-corrected chi connectivity index (χ3v) is 10.9. The van der Waals surface area contributed by atoms with Gasteiger partial charge in [-0.15, -0.1) is 11.3 Å². The quantitative estimate of drug-likeness (QED) is 0.379. The summed E-state index contributed by atoms with van der Waals surface area (Å²) in [5, 5.41) is 11.4. The Balaban J connectivity index is 1.68. The highest BCUT2D eigenvalue weighted by atomic mass is 32.2. The highest BCUT2D eigenvalue weighted by molar-refractivity contribution is 7.92. The lowest BCUT2D eigenvalue weighted by atomic mass is 9.99. The van der Waals surface area contributed by atoms with Gasteiger partial charge in [-0.2, -0.15) is 12.7 Å². The minimum atomic E-state index is -4.02. The first-order valence-corrected chi connectivity index (χ1v) is 15.9. The molecule has 4 rings (SSSR count). The molecule has 212 valence electrons. The molecule has 39 heavy (non-hydrogen) atoms. The van der Waals surface area contributed by atoms with Crippen LogP contribution < -0.4 is 9.46 Å². The SMILES string of the molecule is C[C@@H]1CN([C@H](C)CO)C(=O)c2cc(NS(=O)(=O)c3cn(C)cn3)ccc2O[C@H]1CN(C)S(=O)(=O)c1cccs1. The van der Waals surface area contributed by atoms with E-state index in [9.17, 15) is 26.7 Å². The fourth-order valence-electron chi connectivity index (χ4n) is 4.15. The third kappa shape index (κ3) is 6.11. The van der Waals surface area contributed by atoms with Crippen LogP contribution in [0.2, 0.25) is 0 Å². The topological polar surface area (TPSA) is 151 Å². The molecule has 0 radical (unpaired) electrons. The van der Waals surface area contributed by atoms with E-state index in [1.165, 1.54) is 57.6 Å². The second-order valence-corrected chi connectivity index (χ2v) is 14.4. The van der Waals surface area contributed by atoms with Crippen molar-refractivity contribution >= 4 is 43.0 Å². The van der Waals surface area contributed by atoms with Gasteiger partial charge in [0.1, 0.15) is 16.1 Å². The van der Waals surface area contributed by atoms with Crippen molar-refractivity contribution in [3.05, 3.63) is 53.8 Å². The molecule has 1 aliphatic rings. The number of benzene rings is 1. The van der Waals surface area contributed by atoms with Crippen LogP contribution in [-0.4, -0.2) is 85.5 Å². The van der Waals surface area contributed by atoms with E-state index in [1.54, 1.807) is 25.4 Å². The maximum atomic E-state index is 13.6. The van der Waals surface area contributed by atoms with Crippen molar-refractivity contribution in [3.63, 3.8) is 0 Å². The van der Waals surface area contributed by atoms with E-state index in [0.29, 0.717) is 0 Å². The van der Waals surface area contributed by atoms with E-state index in [4.69, 9.17) is 4.74 Å². The summed E-state index contributed by atoms with van der Waals surface area (Å²) in [5.74, 6) is -0.580. The molecule has 0 fully saturated rings. The van der Waals surface area contributed by atoms with E-state index in [2.05, 4.69) is 9.71 Å². The zero-order valence-electron chi connectivity index (χ0n) is 21.9. The normalized spacial score (nSPS) is 19.2. The summed E-state index contributed by atoms with van der Waals surface area (Å²) in [5.41, 5.74) is 0.202. The maximum absolute atomic E-state index is 13.6. The van der Waals surface area contributed by atoms with Gasteiger partial charge >= 0.3 is 0 Å². The Hall–Kier alpha value is -2.98. The molecule has 3 heterocycles. The molecule has 1 aromatic carbocycles. The molecule has 2 N–H and O–H groups in total. The Morgan fingerprint density at radius 1 is 1.28 bits per heavy atom. The number of nitrogens with zero attached hydrogens (tertiary/aromatic N) is 4. The zero-order valence-corrected chi connectivity index (χ0v) is 24.3. The molecule has 0 aliphatic carbocycles. The van der Waals surface area contributed by atoms with Gasteiger partial charge in [-0.3, -0.25) is 9.52 Å². The fraction of sp³-hybridized carbons (Fsp3) is 0.417. The molecule has 0 bridgehead atoms. The van der Waals surface area contributed by atoms with Crippen molar-refractivity contribution in [1.82, 2.24) is 18.8 Å². The van der Waals surface area contributed by atoms with Gasteiger partial charge in [0, 0.05) is 38.4 Å². The number of carbonyl (C=O) groups excluding carboxylic acids is 1. The number of aryl methyl sites for hydroxylation is 1. The molecule has 1 amide bonds. The fourth-order valence-corrected chi connectivity index (χ4v) is 7.57. The van der Waals surface area contributed by atoms with Crippen LogP contribution in [0.1, 0.15) is 24.2 Å². The molecular weight excluding hydrogens is 566 g/mol. The number of fused-ring (bicyclic) bond motifs is 1. The molecule has 0 saturated carbocycles. The number of thiophene rings is 1. The van der Waals surface area contributed by atoms with Crippen LogP contribution in [0.4, 0.5) is 5.69 Å². The molecule has 3 atom stereocenters. The second kappa shape index (κ2) is 11.3. The molecule has 3 aromatic rings. The number of sulfonamides is 2. The Morgan fingerprint density at radius 2 is 2.03 bits per heavy atom. The summed E-state index contributed by atoms with van der Waals surface area (Å²) in [6.45, 7) is 3.44. The minimum Gasteiger partial charge on any atom is -0.488 e. The summed E-state index contributed by atoms with van der Waals surface area (Å²) >= 11 is 1.12. The minimum absolute atomic E-state index is 0.00440. The van der Waals surface area contributed by atoms with Crippen LogP contribution in [-0.2, 0) is 27.1 Å². The Labute approximate surface area is 231 Å². The molecule has 0 unspecified atom stereocenters. The number of rotatable bonds is 9.